The molecular weight excluding hydrogens is 422 g/mol. The number of benzene rings is 4. The number of thiazole rings is 1. The fourth-order valence-electron chi connectivity index (χ4n) is 3.56. The van der Waals surface area contributed by atoms with E-state index >= 15 is 0 Å². The number of nitro benzene ring substituents is 1. The van der Waals surface area contributed by atoms with E-state index in [0.717, 1.165) is 26.5 Å². The van der Waals surface area contributed by atoms with E-state index in [4.69, 9.17) is 4.98 Å². The summed E-state index contributed by atoms with van der Waals surface area (Å²) in [6.07, 6.45) is 1.58. The van der Waals surface area contributed by atoms with E-state index in [-0.39, 0.29) is 11.4 Å². The van der Waals surface area contributed by atoms with Gasteiger partial charge in [0.2, 0.25) is 0 Å². The number of nitro groups is 1. The van der Waals surface area contributed by atoms with Crippen LogP contribution in [0.4, 0.5) is 11.4 Å². The van der Waals surface area contributed by atoms with Crippen LogP contribution in [0, 0.1) is 17.0 Å². The number of aryl methyl sites for hydroxylation is 1. The van der Waals surface area contributed by atoms with Gasteiger partial charge in [-0.3, -0.25) is 15.1 Å². The van der Waals surface area contributed by atoms with Gasteiger partial charge < -0.3 is 5.11 Å². The number of fused-ring (bicyclic) bond motifs is 2. The van der Waals surface area contributed by atoms with Crippen LogP contribution in [0.25, 0.3) is 31.6 Å². The second kappa shape index (κ2) is 7.86. The smallest absolute Gasteiger partial charge is 0.270 e. The Morgan fingerprint density at radius 1 is 1.03 bits per heavy atom. The summed E-state index contributed by atoms with van der Waals surface area (Å²) in [5, 5.41) is 23.7. The number of hydrogen-bond donors (Lipinski definition) is 1. The second-order valence-electron chi connectivity index (χ2n) is 7.46. The maximum Gasteiger partial charge on any atom is 0.270 e. The molecule has 1 N–H and O–H groups in total. The van der Waals surface area contributed by atoms with Crippen LogP contribution in [0.1, 0.15) is 11.1 Å². The van der Waals surface area contributed by atoms with Crippen LogP contribution in [-0.4, -0.2) is 21.2 Å². The minimum Gasteiger partial charge on any atom is -0.507 e. The number of aromatic hydroxyl groups is 1. The summed E-state index contributed by atoms with van der Waals surface area (Å²) >= 11 is 1.66. The lowest BCUT2D eigenvalue weighted by molar-refractivity contribution is -0.384. The molecule has 0 radical (unpaired) electrons. The summed E-state index contributed by atoms with van der Waals surface area (Å²) in [6.45, 7) is 2.07. The first kappa shape index (κ1) is 19.8. The van der Waals surface area contributed by atoms with Gasteiger partial charge in [0.05, 0.1) is 20.8 Å². The third kappa shape index (κ3) is 3.70. The molecule has 0 saturated carbocycles. The van der Waals surface area contributed by atoms with Crippen molar-refractivity contribution in [2.45, 2.75) is 6.92 Å². The number of nitrogens with zero attached hydrogens (tertiary/aromatic N) is 3. The lowest BCUT2D eigenvalue weighted by Crippen LogP contribution is -1.90. The minimum atomic E-state index is -0.436. The highest BCUT2D eigenvalue weighted by Crippen LogP contribution is 2.32. The normalized spacial score (nSPS) is 11.5. The fraction of sp³-hybridized carbons (Fsp3) is 0.0400. The highest BCUT2D eigenvalue weighted by Gasteiger charge is 2.11. The molecule has 0 aliphatic rings. The predicted molar refractivity (Wildman–Crippen MR) is 129 cm³/mol. The van der Waals surface area contributed by atoms with Crippen molar-refractivity contribution in [3.63, 3.8) is 0 Å². The molecule has 6 nitrogen and oxygen atoms in total. The molecule has 0 fully saturated rings. The zero-order valence-corrected chi connectivity index (χ0v) is 17.8. The first-order chi connectivity index (χ1) is 15.5. The van der Waals surface area contributed by atoms with Gasteiger partial charge in [-0.05, 0) is 71.8 Å². The molecule has 1 aromatic heterocycles. The van der Waals surface area contributed by atoms with Gasteiger partial charge in [0, 0.05) is 29.5 Å². The van der Waals surface area contributed by atoms with Gasteiger partial charge in [-0.2, -0.15) is 0 Å². The molecule has 0 bridgehead atoms. The van der Waals surface area contributed by atoms with Crippen LogP contribution in [0.5, 0.6) is 5.75 Å². The van der Waals surface area contributed by atoms with Gasteiger partial charge in [0.1, 0.15) is 10.8 Å². The molecule has 0 spiro atoms. The number of phenols is 1. The van der Waals surface area contributed by atoms with E-state index in [1.165, 1.54) is 23.8 Å². The first-order valence-corrected chi connectivity index (χ1v) is 10.7. The largest absolute Gasteiger partial charge is 0.507 e. The highest BCUT2D eigenvalue weighted by molar-refractivity contribution is 7.21. The van der Waals surface area contributed by atoms with Gasteiger partial charge in [-0.15, -0.1) is 11.3 Å². The summed E-state index contributed by atoms with van der Waals surface area (Å²) in [5.74, 6) is 0.0662. The maximum absolute atomic E-state index is 11.0. The van der Waals surface area contributed by atoms with Crippen LogP contribution in [0.15, 0.2) is 77.8 Å². The molecule has 5 rings (SSSR count). The third-order valence-corrected chi connectivity index (χ3v) is 6.30. The van der Waals surface area contributed by atoms with Crippen molar-refractivity contribution in [3.05, 3.63) is 94.0 Å². The molecule has 0 atom stereocenters. The Morgan fingerprint density at radius 2 is 1.84 bits per heavy atom. The van der Waals surface area contributed by atoms with Gasteiger partial charge in [-0.25, -0.2) is 4.98 Å². The number of aliphatic imine (C=N–C) groups is 1. The SMILES string of the molecule is Cc1ccc2nc(-c3ccc(N=Cc4c(O)ccc5cc([N+](=O)[O-])ccc45)cc3)sc2c1. The molecule has 156 valence electrons. The molecule has 0 aliphatic carbocycles. The number of phenolic OH excluding ortho intramolecular Hbond substituents is 1. The third-order valence-electron chi connectivity index (χ3n) is 5.23. The van der Waals surface area contributed by atoms with Gasteiger partial charge in [0.25, 0.3) is 5.69 Å². The van der Waals surface area contributed by atoms with Crippen molar-refractivity contribution < 1.29 is 10.0 Å². The van der Waals surface area contributed by atoms with Crippen molar-refractivity contribution >= 4 is 49.9 Å². The number of non-ortho nitro benzene ring substituents is 1. The number of aromatic nitrogens is 1. The van der Waals surface area contributed by atoms with Crippen molar-refractivity contribution in [3.8, 4) is 16.3 Å². The molecule has 4 aromatic carbocycles. The Labute approximate surface area is 187 Å². The monoisotopic (exact) mass is 439 g/mol. The van der Waals surface area contributed by atoms with Gasteiger partial charge >= 0.3 is 0 Å². The van der Waals surface area contributed by atoms with Crippen molar-refractivity contribution in [1.82, 2.24) is 4.98 Å². The summed E-state index contributed by atoms with van der Waals surface area (Å²) in [7, 11) is 0. The van der Waals surface area contributed by atoms with Crippen LogP contribution >= 0.6 is 11.3 Å². The maximum atomic E-state index is 11.0. The standard InChI is InChI=1S/C25H17N3O3S/c1-15-2-10-22-24(12-15)32-25(27-22)16-3-6-18(7-4-16)26-14-21-20-9-8-19(28(30)31)13-17(20)5-11-23(21)29/h2-14,29H,1H3. The summed E-state index contributed by atoms with van der Waals surface area (Å²) in [4.78, 5) is 19.8. The molecule has 7 heteroatoms. The average molecular weight is 439 g/mol. The zero-order chi connectivity index (χ0) is 22.2. The van der Waals surface area contributed by atoms with Crippen LogP contribution in [0.2, 0.25) is 0 Å². The molecular formula is C25H17N3O3S. The molecule has 0 aliphatic heterocycles. The second-order valence-corrected chi connectivity index (χ2v) is 8.49. The quantitative estimate of drug-likeness (QED) is 0.190. The van der Waals surface area contributed by atoms with Crippen molar-refractivity contribution in [1.29, 1.82) is 0 Å². The van der Waals surface area contributed by atoms with E-state index in [1.54, 1.807) is 29.7 Å². The van der Waals surface area contributed by atoms with Crippen molar-refractivity contribution in [2.75, 3.05) is 0 Å². The summed E-state index contributed by atoms with van der Waals surface area (Å²) in [6, 6.07) is 21.7. The first-order valence-electron chi connectivity index (χ1n) is 9.90. The van der Waals surface area contributed by atoms with E-state index in [2.05, 4.69) is 24.0 Å². The van der Waals surface area contributed by atoms with Crippen LogP contribution in [0.3, 0.4) is 0 Å². The zero-order valence-electron chi connectivity index (χ0n) is 17.0. The van der Waals surface area contributed by atoms with Crippen molar-refractivity contribution in [2.24, 2.45) is 4.99 Å². The molecule has 0 amide bonds. The lowest BCUT2D eigenvalue weighted by atomic mass is 10.0. The molecule has 0 saturated heterocycles. The average Bonchev–Trinajstić information content (AvgIpc) is 3.21. The Hall–Kier alpha value is -4.10. The van der Waals surface area contributed by atoms with E-state index in [1.807, 2.05) is 30.3 Å². The van der Waals surface area contributed by atoms with Crippen LogP contribution in [-0.2, 0) is 0 Å². The molecule has 5 aromatic rings. The van der Waals surface area contributed by atoms with E-state index < -0.39 is 4.92 Å². The summed E-state index contributed by atoms with van der Waals surface area (Å²) in [5.41, 5.74) is 4.47. The van der Waals surface area contributed by atoms with E-state index in [0.29, 0.717) is 16.3 Å². The highest BCUT2D eigenvalue weighted by atomic mass is 32.1. The Bertz CT molecular complexity index is 1520. The predicted octanol–water partition coefficient (Wildman–Crippen LogP) is 6.79. The Kier molecular flexibility index (Phi) is 4.88. The fourth-order valence-corrected chi connectivity index (χ4v) is 4.63. The van der Waals surface area contributed by atoms with Gasteiger partial charge in [-0.1, -0.05) is 12.1 Å². The van der Waals surface area contributed by atoms with Crippen LogP contribution < -0.4 is 0 Å². The lowest BCUT2D eigenvalue weighted by Gasteiger charge is -2.05. The Balaban J connectivity index is 1.45. The summed E-state index contributed by atoms with van der Waals surface area (Å²) < 4.78 is 1.16. The minimum absolute atomic E-state index is 0.00618. The number of hydrogen-bond acceptors (Lipinski definition) is 6. The topological polar surface area (TPSA) is 88.6 Å². The molecule has 32 heavy (non-hydrogen) atoms. The Morgan fingerprint density at radius 3 is 2.62 bits per heavy atom. The van der Waals surface area contributed by atoms with E-state index in [9.17, 15) is 15.2 Å². The molecule has 0 unspecified atom stereocenters. The van der Waals surface area contributed by atoms with Gasteiger partial charge in [0.15, 0.2) is 0 Å². The molecule has 1 heterocycles. The number of rotatable bonds is 4.